The Labute approximate surface area is 186 Å². The first-order valence-electron chi connectivity index (χ1n) is 10.6. The van der Waals surface area contributed by atoms with Gasteiger partial charge < -0.3 is 14.5 Å². The number of ether oxygens (including phenoxy) is 1. The summed E-state index contributed by atoms with van der Waals surface area (Å²) in [5, 5.41) is 0. The number of carbonyl (C=O) groups excluding carboxylic acids is 1. The fraction of sp³-hybridized carbons (Fsp3) is 0.682. The van der Waals surface area contributed by atoms with Crippen LogP contribution in [0.3, 0.4) is 0 Å². The van der Waals surface area contributed by atoms with Gasteiger partial charge in [0.05, 0.1) is 6.54 Å². The smallest absolute Gasteiger partial charge is 0.410 e. The third-order valence-electron chi connectivity index (χ3n) is 5.50. The molecular formula is C22H32BrF2N3O2. The van der Waals surface area contributed by atoms with Crippen molar-refractivity contribution in [1.82, 2.24) is 9.80 Å². The predicted molar refractivity (Wildman–Crippen MR) is 118 cm³/mol. The van der Waals surface area contributed by atoms with Gasteiger partial charge in [-0.25, -0.2) is 13.6 Å². The molecule has 2 fully saturated rings. The van der Waals surface area contributed by atoms with E-state index in [9.17, 15) is 13.6 Å². The van der Waals surface area contributed by atoms with Gasteiger partial charge in [0.25, 0.3) is 5.92 Å². The molecule has 0 spiro atoms. The minimum Gasteiger partial charge on any atom is -0.444 e. The average Bonchev–Trinajstić information content (AvgIpc) is 2.59. The van der Waals surface area contributed by atoms with Crippen LogP contribution in [0, 0.1) is 0 Å². The highest BCUT2D eigenvalue weighted by Gasteiger charge is 2.36. The number of alkyl halides is 2. The van der Waals surface area contributed by atoms with Crippen LogP contribution in [-0.2, 0) is 11.3 Å². The van der Waals surface area contributed by atoms with Crippen molar-refractivity contribution in [2.75, 3.05) is 37.6 Å². The van der Waals surface area contributed by atoms with Crippen LogP contribution in [0.5, 0.6) is 0 Å². The van der Waals surface area contributed by atoms with E-state index >= 15 is 0 Å². The predicted octanol–water partition coefficient (Wildman–Crippen LogP) is 5.13. The van der Waals surface area contributed by atoms with Crippen molar-refractivity contribution in [3.05, 3.63) is 28.2 Å². The number of halogens is 3. The summed E-state index contributed by atoms with van der Waals surface area (Å²) < 4.78 is 34.2. The molecule has 0 bridgehead atoms. The summed E-state index contributed by atoms with van der Waals surface area (Å²) in [7, 11) is 0. The molecule has 0 radical (unpaired) electrons. The number of carbonyl (C=O) groups is 1. The Balaban J connectivity index is 1.71. The van der Waals surface area contributed by atoms with Crippen LogP contribution in [-0.4, -0.2) is 66.2 Å². The van der Waals surface area contributed by atoms with Crippen LogP contribution in [0.1, 0.15) is 46.1 Å². The van der Waals surface area contributed by atoms with Gasteiger partial charge in [-0.3, -0.25) is 4.90 Å². The second kappa shape index (κ2) is 8.99. The van der Waals surface area contributed by atoms with E-state index < -0.39 is 11.5 Å². The van der Waals surface area contributed by atoms with Crippen LogP contribution >= 0.6 is 15.9 Å². The molecule has 2 heterocycles. The molecule has 0 N–H and O–H groups in total. The Bertz CT molecular complexity index is 769. The van der Waals surface area contributed by atoms with Crippen molar-refractivity contribution in [1.29, 1.82) is 0 Å². The molecule has 0 aliphatic carbocycles. The summed E-state index contributed by atoms with van der Waals surface area (Å²) in [5.74, 6) is -2.61. The minimum atomic E-state index is -2.61. The van der Waals surface area contributed by atoms with Gasteiger partial charge in [0.1, 0.15) is 5.60 Å². The molecule has 1 aromatic rings. The molecule has 5 nitrogen and oxygen atoms in total. The topological polar surface area (TPSA) is 36.0 Å². The normalized spacial score (nSPS) is 22.8. The standard InChI is InChI=1S/C22H32BrF2N3O2/c1-16-13-27(10-11-28(16)20(29)30-21(2,3)4)19-7-6-18(23)12-17(19)14-26-9-5-8-22(24,25)15-26/h6-7,12,16H,5,8-11,13-15H2,1-4H3. The van der Waals surface area contributed by atoms with Crippen LogP contribution in [0.15, 0.2) is 22.7 Å². The Morgan fingerprint density at radius 3 is 2.63 bits per heavy atom. The molecule has 0 aromatic heterocycles. The Kier molecular flexibility index (Phi) is 6.97. The van der Waals surface area contributed by atoms with Crippen LogP contribution in [0.25, 0.3) is 0 Å². The second-order valence-corrected chi connectivity index (χ2v) is 10.3. The lowest BCUT2D eigenvalue weighted by Crippen LogP contribution is -2.55. The summed E-state index contributed by atoms with van der Waals surface area (Å²) in [6, 6.07) is 6.03. The van der Waals surface area contributed by atoms with E-state index in [-0.39, 0.29) is 25.1 Å². The zero-order chi connectivity index (χ0) is 22.1. The molecule has 1 atom stereocenters. The fourth-order valence-electron chi connectivity index (χ4n) is 4.18. The number of hydrogen-bond donors (Lipinski definition) is 0. The Morgan fingerprint density at radius 1 is 1.27 bits per heavy atom. The summed E-state index contributed by atoms with van der Waals surface area (Å²) >= 11 is 3.52. The van der Waals surface area contributed by atoms with Crippen molar-refractivity contribution < 1.29 is 18.3 Å². The van der Waals surface area contributed by atoms with Crippen molar-refractivity contribution >= 4 is 27.7 Å². The molecule has 2 saturated heterocycles. The first kappa shape index (κ1) is 23.3. The maximum absolute atomic E-state index is 13.9. The van der Waals surface area contributed by atoms with E-state index in [2.05, 4.69) is 20.8 Å². The zero-order valence-corrected chi connectivity index (χ0v) is 19.8. The molecule has 1 unspecified atom stereocenters. The molecule has 168 valence electrons. The van der Waals surface area contributed by atoms with Gasteiger partial charge in [0.2, 0.25) is 0 Å². The van der Waals surface area contributed by atoms with Gasteiger partial charge >= 0.3 is 6.09 Å². The highest BCUT2D eigenvalue weighted by molar-refractivity contribution is 9.10. The molecule has 8 heteroatoms. The zero-order valence-electron chi connectivity index (χ0n) is 18.3. The van der Waals surface area contributed by atoms with Gasteiger partial charge in [-0.2, -0.15) is 0 Å². The maximum Gasteiger partial charge on any atom is 0.410 e. The monoisotopic (exact) mass is 487 g/mol. The number of hydrogen-bond acceptors (Lipinski definition) is 4. The molecule has 1 amide bonds. The molecule has 2 aliphatic heterocycles. The molecule has 1 aromatic carbocycles. The first-order chi connectivity index (χ1) is 13.9. The molecule has 2 aliphatic rings. The quantitative estimate of drug-likeness (QED) is 0.592. The maximum atomic E-state index is 13.9. The molecule has 3 rings (SSSR count). The summed E-state index contributed by atoms with van der Waals surface area (Å²) in [4.78, 5) is 18.4. The van der Waals surface area contributed by atoms with Gasteiger partial charge in [-0.1, -0.05) is 15.9 Å². The van der Waals surface area contributed by atoms with Crippen LogP contribution in [0.4, 0.5) is 19.3 Å². The molecular weight excluding hydrogens is 456 g/mol. The summed E-state index contributed by atoms with van der Waals surface area (Å²) in [5.41, 5.74) is 1.55. The molecule has 30 heavy (non-hydrogen) atoms. The third-order valence-corrected chi connectivity index (χ3v) is 6.00. The lowest BCUT2D eigenvalue weighted by atomic mass is 10.0. The first-order valence-corrected chi connectivity index (χ1v) is 11.4. The lowest BCUT2D eigenvalue weighted by molar-refractivity contribution is -0.0660. The van der Waals surface area contributed by atoms with E-state index in [4.69, 9.17) is 4.74 Å². The van der Waals surface area contributed by atoms with Gasteiger partial charge in [-0.05, 0) is 64.4 Å². The Hall–Kier alpha value is -1.41. The lowest BCUT2D eigenvalue weighted by Gasteiger charge is -2.42. The average molecular weight is 488 g/mol. The van der Waals surface area contributed by atoms with E-state index in [1.807, 2.05) is 50.8 Å². The highest BCUT2D eigenvalue weighted by atomic mass is 79.9. The summed E-state index contributed by atoms with van der Waals surface area (Å²) in [6.45, 7) is 10.5. The fourth-order valence-corrected chi connectivity index (χ4v) is 4.59. The number of likely N-dealkylation sites (tertiary alicyclic amines) is 1. The van der Waals surface area contributed by atoms with Gasteiger partial charge in [-0.15, -0.1) is 0 Å². The third kappa shape index (κ3) is 6.06. The van der Waals surface area contributed by atoms with Crippen LogP contribution in [0.2, 0.25) is 0 Å². The molecule has 0 saturated carbocycles. The number of rotatable bonds is 3. The Morgan fingerprint density at radius 2 is 2.00 bits per heavy atom. The van der Waals surface area contributed by atoms with Crippen molar-refractivity contribution in [3.63, 3.8) is 0 Å². The van der Waals surface area contributed by atoms with Crippen molar-refractivity contribution in [2.45, 2.75) is 64.6 Å². The highest BCUT2D eigenvalue weighted by Crippen LogP contribution is 2.32. The minimum absolute atomic E-state index is 0.00980. The van der Waals surface area contributed by atoms with E-state index in [1.54, 1.807) is 4.90 Å². The van der Waals surface area contributed by atoms with E-state index in [1.165, 1.54) is 0 Å². The van der Waals surface area contributed by atoms with Crippen molar-refractivity contribution in [2.24, 2.45) is 0 Å². The SMILES string of the molecule is CC1CN(c2ccc(Br)cc2CN2CCCC(F)(F)C2)CCN1C(=O)OC(C)(C)C. The second-order valence-electron chi connectivity index (χ2n) is 9.41. The number of benzene rings is 1. The number of piperazine rings is 1. The van der Waals surface area contributed by atoms with Gasteiger partial charge in [0, 0.05) is 48.8 Å². The number of amides is 1. The number of piperidine rings is 1. The number of anilines is 1. The van der Waals surface area contributed by atoms with Crippen LogP contribution < -0.4 is 4.90 Å². The van der Waals surface area contributed by atoms with Crippen molar-refractivity contribution in [3.8, 4) is 0 Å². The van der Waals surface area contributed by atoms with E-state index in [0.717, 1.165) is 15.7 Å². The van der Waals surface area contributed by atoms with Gasteiger partial charge in [0.15, 0.2) is 0 Å². The van der Waals surface area contributed by atoms with E-state index in [0.29, 0.717) is 39.1 Å². The number of nitrogens with zero attached hydrogens (tertiary/aromatic N) is 3. The largest absolute Gasteiger partial charge is 0.444 e. The summed E-state index contributed by atoms with van der Waals surface area (Å²) in [6.07, 6.45) is 0.196.